The fourth-order valence-electron chi connectivity index (χ4n) is 4.28. The molecule has 0 bridgehead atoms. The Morgan fingerprint density at radius 2 is 1.86 bits per heavy atom. The van der Waals surface area contributed by atoms with Crippen LogP contribution in [0.3, 0.4) is 0 Å². The lowest BCUT2D eigenvalue weighted by molar-refractivity contribution is -0.136. The van der Waals surface area contributed by atoms with Gasteiger partial charge in [0.05, 0.1) is 19.3 Å². The minimum atomic E-state index is -3.90. The number of hydrogen-bond acceptors (Lipinski definition) is 6. The van der Waals surface area contributed by atoms with Gasteiger partial charge in [0.1, 0.15) is 10.6 Å². The van der Waals surface area contributed by atoms with E-state index in [1.165, 1.54) is 9.21 Å². The Balaban J connectivity index is 1.57. The molecule has 2 amide bonds. The summed E-state index contributed by atoms with van der Waals surface area (Å²) in [4.78, 5) is 32.0. The second kappa shape index (κ2) is 9.96. The molecule has 2 aliphatic rings. The molecule has 1 atom stereocenters. The number of fused-ring (bicyclic) bond motifs is 1. The molecule has 0 aliphatic carbocycles. The van der Waals surface area contributed by atoms with Crippen molar-refractivity contribution >= 4 is 44.5 Å². The number of piperazine rings is 1. The van der Waals surface area contributed by atoms with E-state index in [1.54, 1.807) is 49.9 Å². The Hall–Kier alpha value is -2.34. The molecule has 10 nitrogen and oxygen atoms in total. The van der Waals surface area contributed by atoms with Crippen LogP contribution in [0.1, 0.15) is 27.2 Å². The highest BCUT2D eigenvalue weighted by Gasteiger charge is 2.40. The average molecular weight is 527 g/mol. The standard InChI is InChI=1S/C23H31ClN4O6S/c1-23(2,3)34-22(30)28-7-6-27(15-18(28)14-21(29)26-8-10-33-11-9-26)35(31,32)20-13-16-12-17(24)4-5-19(16)25-20/h4-5,12-13,18,25H,6-11,14-15H2,1-3H3. The number of nitrogens with one attached hydrogen (secondary N) is 1. The number of carbonyl (C=O) groups is 2. The second-order valence-corrected chi connectivity index (χ2v) is 12.1. The normalized spacial score (nSPS) is 20.3. The van der Waals surface area contributed by atoms with Crippen molar-refractivity contribution in [2.75, 3.05) is 45.9 Å². The fourth-order valence-corrected chi connectivity index (χ4v) is 5.94. The van der Waals surface area contributed by atoms with Gasteiger partial charge in [-0.1, -0.05) is 11.6 Å². The smallest absolute Gasteiger partial charge is 0.410 e. The lowest BCUT2D eigenvalue weighted by Gasteiger charge is -2.41. The summed E-state index contributed by atoms with van der Waals surface area (Å²) in [6.45, 7) is 7.32. The topological polar surface area (TPSA) is 112 Å². The third kappa shape index (κ3) is 5.91. The predicted octanol–water partition coefficient (Wildman–Crippen LogP) is 2.68. The third-order valence-corrected chi connectivity index (χ3v) is 8.05. The molecule has 2 aliphatic heterocycles. The van der Waals surface area contributed by atoms with Gasteiger partial charge in [-0.3, -0.25) is 4.79 Å². The Morgan fingerprint density at radius 3 is 2.54 bits per heavy atom. The Labute approximate surface area is 210 Å². The van der Waals surface area contributed by atoms with Gasteiger partial charge in [-0.15, -0.1) is 0 Å². The van der Waals surface area contributed by atoms with Gasteiger partial charge in [-0.05, 0) is 45.0 Å². The number of nitrogens with zero attached hydrogens (tertiary/aromatic N) is 3. The van der Waals surface area contributed by atoms with Crippen LogP contribution in [0.5, 0.6) is 0 Å². The first-order chi connectivity index (χ1) is 16.4. The molecular weight excluding hydrogens is 496 g/mol. The van der Waals surface area contributed by atoms with E-state index < -0.39 is 27.8 Å². The number of amides is 2. The fraction of sp³-hybridized carbons (Fsp3) is 0.565. The van der Waals surface area contributed by atoms with Crippen LogP contribution < -0.4 is 0 Å². The van der Waals surface area contributed by atoms with Crippen molar-refractivity contribution in [3.8, 4) is 0 Å². The van der Waals surface area contributed by atoms with E-state index in [2.05, 4.69) is 4.98 Å². The minimum Gasteiger partial charge on any atom is -0.444 e. The SMILES string of the molecule is CC(C)(C)OC(=O)N1CCN(S(=O)(=O)c2cc3cc(Cl)ccc3[nH]2)CC1CC(=O)N1CCOCC1. The predicted molar refractivity (Wildman–Crippen MR) is 131 cm³/mol. The quantitative estimate of drug-likeness (QED) is 0.655. The summed E-state index contributed by atoms with van der Waals surface area (Å²) in [5.74, 6) is -0.147. The molecule has 192 valence electrons. The number of ether oxygens (including phenoxy) is 2. The van der Waals surface area contributed by atoms with Crippen LogP contribution >= 0.6 is 11.6 Å². The molecule has 35 heavy (non-hydrogen) atoms. The number of aromatic nitrogens is 1. The summed E-state index contributed by atoms with van der Waals surface area (Å²) in [7, 11) is -3.90. The molecule has 3 heterocycles. The zero-order valence-corrected chi connectivity index (χ0v) is 21.7. The number of halogens is 1. The largest absolute Gasteiger partial charge is 0.444 e. The van der Waals surface area contributed by atoms with Crippen LogP contribution in [-0.2, 0) is 24.3 Å². The summed E-state index contributed by atoms with van der Waals surface area (Å²) >= 11 is 6.05. The molecule has 1 aromatic heterocycles. The van der Waals surface area contributed by atoms with Gasteiger partial charge >= 0.3 is 6.09 Å². The maximum atomic E-state index is 13.5. The number of morpholine rings is 1. The maximum Gasteiger partial charge on any atom is 0.410 e. The number of aromatic amines is 1. The van der Waals surface area contributed by atoms with E-state index in [9.17, 15) is 18.0 Å². The van der Waals surface area contributed by atoms with Crippen LogP contribution in [0.4, 0.5) is 4.79 Å². The number of sulfonamides is 1. The highest BCUT2D eigenvalue weighted by Crippen LogP contribution is 2.27. The number of H-pyrrole nitrogens is 1. The highest BCUT2D eigenvalue weighted by atomic mass is 35.5. The monoisotopic (exact) mass is 526 g/mol. The Morgan fingerprint density at radius 1 is 1.14 bits per heavy atom. The van der Waals surface area contributed by atoms with Crippen LogP contribution in [0, 0.1) is 0 Å². The second-order valence-electron chi connectivity index (χ2n) is 9.75. The van der Waals surface area contributed by atoms with Gasteiger partial charge < -0.3 is 24.3 Å². The molecule has 2 fully saturated rings. The van der Waals surface area contributed by atoms with Crippen molar-refractivity contribution in [2.45, 2.75) is 43.9 Å². The highest BCUT2D eigenvalue weighted by molar-refractivity contribution is 7.89. The zero-order valence-electron chi connectivity index (χ0n) is 20.1. The average Bonchev–Trinajstić information content (AvgIpc) is 3.22. The van der Waals surface area contributed by atoms with Crippen LogP contribution in [-0.4, -0.2) is 97.1 Å². The van der Waals surface area contributed by atoms with Crippen molar-refractivity contribution in [1.82, 2.24) is 19.1 Å². The third-order valence-electron chi connectivity index (χ3n) is 6.02. The van der Waals surface area contributed by atoms with Gasteiger partial charge in [0.25, 0.3) is 10.0 Å². The van der Waals surface area contributed by atoms with Gasteiger partial charge in [0.15, 0.2) is 0 Å². The first kappa shape index (κ1) is 25.7. The molecule has 0 radical (unpaired) electrons. The summed E-state index contributed by atoms with van der Waals surface area (Å²) in [6.07, 6.45) is -0.567. The molecular formula is C23H31ClN4O6S. The van der Waals surface area contributed by atoms with Crippen molar-refractivity contribution < 1.29 is 27.5 Å². The molecule has 4 rings (SSSR count). The van der Waals surface area contributed by atoms with E-state index in [4.69, 9.17) is 21.1 Å². The lowest BCUT2D eigenvalue weighted by atomic mass is 10.1. The number of carbonyl (C=O) groups excluding carboxylic acids is 2. The summed E-state index contributed by atoms with van der Waals surface area (Å²) in [6, 6.07) is 5.98. The van der Waals surface area contributed by atoms with Crippen LogP contribution in [0.15, 0.2) is 29.3 Å². The number of hydrogen-bond donors (Lipinski definition) is 1. The van der Waals surface area contributed by atoms with Gasteiger partial charge in [0.2, 0.25) is 5.91 Å². The van der Waals surface area contributed by atoms with Crippen molar-refractivity contribution in [3.63, 3.8) is 0 Å². The van der Waals surface area contributed by atoms with Crippen molar-refractivity contribution in [3.05, 3.63) is 29.3 Å². The molecule has 0 spiro atoms. The lowest BCUT2D eigenvalue weighted by Crippen LogP contribution is -2.58. The summed E-state index contributed by atoms with van der Waals surface area (Å²) in [5.41, 5.74) is -0.0653. The van der Waals surface area contributed by atoms with E-state index in [-0.39, 0.29) is 37.0 Å². The first-order valence-corrected chi connectivity index (χ1v) is 13.4. The molecule has 2 saturated heterocycles. The zero-order chi connectivity index (χ0) is 25.4. The molecule has 12 heteroatoms. The van der Waals surface area contributed by atoms with E-state index in [1.807, 2.05) is 0 Å². The summed E-state index contributed by atoms with van der Waals surface area (Å²) < 4.78 is 39.2. The van der Waals surface area contributed by atoms with E-state index >= 15 is 0 Å². The van der Waals surface area contributed by atoms with E-state index in [0.29, 0.717) is 42.2 Å². The van der Waals surface area contributed by atoms with Crippen molar-refractivity contribution in [2.24, 2.45) is 0 Å². The Kier molecular flexibility index (Phi) is 7.33. The number of rotatable bonds is 4. The van der Waals surface area contributed by atoms with Gasteiger partial charge in [-0.2, -0.15) is 4.31 Å². The van der Waals surface area contributed by atoms with Gasteiger partial charge in [0, 0.05) is 55.1 Å². The molecule has 2 aromatic rings. The van der Waals surface area contributed by atoms with E-state index in [0.717, 1.165) is 0 Å². The van der Waals surface area contributed by atoms with Crippen LogP contribution in [0.2, 0.25) is 5.02 Å². The number of benzene rings is 1. The first-order valence-electron chi connectivity index (χ1n) is 11.6. The minimum absolute atomic E-state index is 0.00638. The molecule has 0 saturated carbocycles. The van der Waals surface area contributed by atoms with Crippen molar-refractivity contribution in [1.29, 1.82) is 0 Å². The molecule has 1 aromatic carbocycles. The molecule has 1 N–H and O–H groups in total. The Bertz CT molecular complexity index is 1200. The van der Waals surface area contributed by atoms with Crippen LogP contribution in [0.25, 0.3) is 10.9 Å². The molecule has 1 unspecified atom stereocenters. The maximum absolute atomic E-state index is 13.5. The summed E-state index contributed by atoms with van der Waals surface area (Å²) in [5, 5.41) is 1.23. The van der Waals surface area contributed by atoms with Gasteiger partial charge in [-0.25, -0.2) is 13.2 Å².